The molecule has 0 aliphatic heterocycles. The molecule has 3 aromatic rings. The Hall–Kier alpha value is -3.15. The predicted molar refractivity (Wildman–Crippen MR) is 109 cm³/mol. The van der Waals surface area contributed by atoms with Gasteiger partial charge in [-0.2, -0.15) is 0 Å². The van der Waals surface area contributed by atoms with E-state index in [0.29, 0.717) is 24.3 Å². The summed E-state index contributed by atoms with van der Waals surface area (Å²) >= 11 is 0. The van der Waals surface area contributed by atoms with Crippen molar-refractivity contribution in [1.29, 1.82) is 0 Å². The molecule has 0 spiro atoms. The normalized spacial score (nSPS) is 11.6. The molecule has 0 saturated carbocycles. The Kier molecular flexibility index (Phi) is 5.23. The first kappa shape index (κ1) is 19.6. The fourth-order valence-electron chi connectivity index (χ4n) is 3.23. The Labute approximate surface area is 163 Å². The van der Waals surface area contributed by atoms with E-state index in [9.17, 15) is 14.0 Å². The maximum atomic E-state index is 13.5. The number of halogens is 1. The zero-order valence-corrected chi connectivity index (χ0v) is 16.3. The van der Waals surface area contributed by atoms with Gasteiger partial charge in [0.1, 0.15) is 11.5 Å². The summed E-state index contributed by atoms with van der Waals surface area (Å²) in [6, 6.07) is 13.3. The second-order valence-electron chi connectivity index (χ2n) is 8.17. The lowest BCUT2D eigenvalue weighted by atomic mass is 9.92. The van der Waals surface area contributed by atoms with Crippen LogP contribution >= 0.6 is 0 Å². The average Bonchev–Trinajstić information content (AvgIpc) is 2.91. The van der Waals surface area contributed by atoms with E-state index in [0.717, 1.165) is 16.5 Å². The lowest BCUT2D eigenvalue weighted by molar-refractivity contribution is -0.117. The molecule has 146 valence electrons. The molecule has 0 saturated heterocycles. The van der Waals surface area contributed by atoms with Crippen molar-refractivity contribution in [3.8, 4) is 0 Å². The number of fused-ring (bicyclic) bond motifs is 1. The first-order chi connectivity index (χ1) is 13.1. The number of primary amides is 1. The Bertz CT molecular complexity index is 1050. The van der Waals surface area contributed by atoms with Gasteiger partial charge in [0.05, 0.1) is 0 Å². The van der Waals surface area contributed by atoms with Crippen LogP contribution in [0.2, 0.25) is 0 Å². The molecule has 6 heteroatoms. The van der Waals surface area contributed by atoms with Crippen molar-refractivity contribution < 1.29 is 14.0 Å². The van der Waals surface area contributed by atoms with Crippen LogP contribution in [0.25, 0.3) is 10.9 Å². The van der Waals surface area contributed by atoms with Crippen molar-refractivity contribution in [2.45, 2.75) is 33.7 Å². The summed E-state index contributed by atoms with van der Waals surface area (Å²) in [4.78, 5) is 24.1. The smallest absolute Gasteiger partial charge is 0.265 e. The summed E-state index contributed by atoms with van der Waals surface area (Å²) in [6.07, 6.45) is 0.401. The molecule has 3 N–H and O–H groups in total. The molecule has 0 bridgehead atoms. The van der Waals surface area contributed by atoms with E-state index in [1.54, 1.807) is 28.8 Å². The quantitative estimate of drug-likeness (QED) is 0.691. The van der Waals surface area contributed by atoms with Crippen LogP contribution in [0.1, 0.15) is 43.2 Å². The fraction of sp³-hybridized carbons (Fsp3) is 0.273. The van der Waals surface area contributed by atoms with Gasteiger partial charge in [0.25, 0.3) is 5.91 Å². The first-order valence-electron chi connectivity index (χ1n) is 9.10. The van der Waals surface area contributed by atoms with Gasteiger partial charge in [0.15, 0.2) is 0 Å². The van der Waals surface area contributed by atoms with E-state index in [1.807, 2.05) is 32.9 Å². The van der Waals surface area contributed by atoms with E-state index in [1.165, 1.54) is 12.1 Å². The number of aromatic nitrogens is 1. The highest BCUT2D eigenvalue weighted by Crippen LogP contribution is 2.26. The Morgan fingerprint density at radius 1 is 1.11 bits per heavy atom. The lowest BCUT2D eigenvalue weighted by Gasteiger charge is -2.17. The number of hydrogen-bond acceptors (Lipinski definition) is 2. The highest BCUT2D eigenvalue weighted by atomic mass is 19.1. The van der Waals surface area contributed by atoms with Crippen LogP contribution < -0.4 is 11.1 Å². The zero-order chi connectivity index (χ0) is 20.5. The molecule has 0 atom stereocenters. The van der Waals surface area contributed by atoms with E-state index in [-0.39, 0.29) is 17.1 Å². The van der Waals surface area contributed by atoms with Crippen molar-refractivity contribution in [2.24, 2.45) is 11.1 Å². The second kappa shape index (κ2) is 7.46. The number of amides is 2. The van der Waals surface area contributed by atoms with Gasteiger partial charge >= 0.3 is 0 Å². The predicted octanol–water partition coefficient (Wildman–Crippen LogP) is 4.30. The van der Waals surface area contributed by atoms with Crippen LogP contribution in [0, 0.1) is 11.2 Å². The lowest BCUT2D eigenvalue weighted by Crippen LogP contribution is -2.19. The third-order valence-corrected chi connectivity index (χ3v) is 4.36. The van der Waals surface area contributed by atoms with Gasteiger partial charge in [-0.1, -0.05) is 32.9 Å². The maximum Gasteiger partial charge on any atom is 0.265 e. The minimum absolute atomic E-state index is 0.0684. The van der Waals surface area contributed by atoms with Crippen LogP contribution in [0.4, 0.5) is 10.1 Å². The molecule has 1 aromatic heterocycles. The van der Waals surface area contributed by atoms with Gasteiger partial charge in [-0.15, -0.1) is 0 Å². The van der Waals surface area contributed by atoms with E-state index in [4.69, 9.17) is 5.73 Å². The van der Waals surface area contributed by atoms with Gasteiger partial charge in [-0.05, 0) is 47.4 Å². The Morgan fingerprint density at radius 2 is 1.86 bits per heavy atom. The van der Waals surface area contributed by atoms with Crippen LogP contribution in [-0.2, 0) is 11.3 Å². The SMILES string of the molecule is CC(C)(C)CC(=O)Nc1ccc2c(c1)cc(C(N)=O)n2Cc1cccc(F)c1. The molecule has 2 amide bonds. The minimum atomic E-state index is -0.564. The number of carbonyl (C=O) groups excluding carboxylic acids is 2. The number of nitrogens with one attached hydrogen (secondary N) is 1. The van der Waals surface area contributed by atoms with E-state index < -0.39 is 5.91 Å². The summed E-state index contributed by atoms with van der Waals surface area (Å²) in [5.41, 5.74) is 7.93. The molecule has 0 fully saturated rings. The fourth-order valence-corrected chi connectivity index (χ4v) is 3.23. The molecule has 3 rings (SSSR count). The number of hydrogen-bond donors (Lipinski definition) is 2. The number of nitrogens with zero attached hydrogens (tertiary/aromatic N) is 1. The highest BCUT2D eigenvalue weighted by Gasteiger charge is 2.17. The molecule has 0 unspecified atom stereocenters. The number of anilines is 1. The first-order valence-corrected chi connectivity index (χ1v) is 9.10. The monoisotopic (exact) mass is 381 g/mol. The molecule has 28 heavy (non-hydrogen) atoms. The summed E-state index contributed by atoms with van der Waals surface area (Å²) in [5, 5.41) is 3.67. The molecule has 5 nitrogen and oxygen atoms in total. The van der Waals surface area contributed by atoms with E-state index in [2.05, 4.69) is 5.32 Å². The molecule has 0 aliphatic carbocycles. The number of carbonyl (C=O) groups is 2. The highest BCUT2D eigenvalue weighted by molar-refractivity contribution is 6.00. The third kappa shape index (κ3) is 4.57. The van der Waals surface area contributed by atoms with Crippen LogP contribution in [0.15, 0.2) is 48.5 Å². The van der Waals surface area contributed by atoms with Crippen LogP contribution in [-0.4, -0.2) is 16.4 Å². The topological polar surface area (TPSA) is 77.1 Å². The molecular weight excluding hydrogens is 357 g/mol. The molecule has 0 radical (unpaired) electrons. The molecule has 0 aliphatic rings. The van der Waals surface area contributed by atoms with Gasteiger partial charge < -0.3 is 15.6 Å². The second-order valence-corrected chi connectivity index (χ2v) is 8.17. The zero-order valence-electron chi connectivity index (χ0n) is 16.3. The summed E-state index contributed by atoms with van der Waals surface area (Å²) in [6.45, 7) is 6.32. The van der Waals surface area contributed by atoms with Crippen molar-refractivity contribution in [3.63, 3.8) is 0 Å². The molecule has 1 heterocycles. The summed E-state index contributed by atoms with van der Waals surface area (Å²) in [7, 11) is 0. The molecular formula is C22H24FN3O2. The third-order valence-electron chi connectivity index (χ3n) is 4.36. The van der Waals surface area contributed by atoms with Gasteiger partial charge in [-0.3, -0.25) is 9.59 Å². The van der Waals surface area contributed by atoms with Gasteiger partial charge in [-0.25, -0.2) is 4.39 Å². The van der Waals surface area contributed by atoms with E-state index >= 15 is 0 Å². The number of nitrogens with two attached hydrogens (primary N) is 1. The van der Waals surface area contributed by atoms with Crippen molar-refractivity contribution in [1.82, 2.24) is 4.57 Å². The Morgan fingerprint density at radius 3 is 2.50 bits per heavy atom. The molecule has 2 aromatic carbocycles. The average molecular weight is 381 g/mol. The number of benzene rings is 2. The Balaban J connectivity index is 1.94. The van der Waals surface area contributed by atoms with Crippen LogP contribution in [0.5, 0.6) is 0 Å². The van der Waals surface area contributed by atoms with Crippen molar-refractivity contribution in [3.05, 3.63) is 65.6 Å². The van der Waals surface area contributed by atoms with Crippen molar-refractivity contribution in [2.75, 3.05) is 5.32 Å². The minimum Gasteiger partial charge on any atom is -0.364 e. The largest absolute Gasteiger partial charge is 0.364 e. The number of rotatable bonds is 5. The summed E-state index contributed by atoms with van der Waals surface area (Å²) < 4.78 is 15.3. The summed E-state index contributed by atoms with van der Waals surface area (Å²) in [5.74, 6) is -0.967. The van der Waals surface area contributed by atoms with Crippen LogP contribution in [0.3, 0.4) is 0 Å². The van der Waals surface area contributed by atoms with Crippen molar-refractivity contribution >= 4 is 28.4 Å². The van der Waals surface area contributed by atoms with Gasteiger partial charge in [0, 0.05) is 29.6 Å². The maximum absolute atomic E-state index is 13.5. The standard InChI is InChI=1S/C22H24FN3O2/c1-22(2,3)12-20(27)25-17-7-8-18-15(10-17)11-19(21(24)28)26(18)13-14-5-4-6-16(23)9-14/h4-11H,12-13H2,1-3H3,(H2,24,28)(H,25,27). The van der Waals surface area contributed by atoms with Gasteiger partial charge in [0.2, 0.25) is 5.91 Å².